The van der Waals surface area contributed by atoms with Crippen molar-refractivity contribution < 1.29 is 9.59 Å². The average Bonchev–Trinajstić information content (AvgIpc) is 2.72. The van der Waals surface area contributed by atoms with Crippen LogP contribution >= 0.6 is 0 Å². The van der Waals surface area contributed by atoms with E-state index in [1.54, 1.807) is 37.3 Å². The molecule has 1 amide bonds. The molecule has 0 aliphatic heterocycles. The second-order valence-electron chi connectivity index (χ2n) is 6.75. The lowest BCUT2D eigenvalue weighted by atomic mass is 10.1. The van der Waals surface area contributed by atoms with Crippen molar-refractivity contribution in [2.24, 2.45) is 0 Å². The van der Waals surface area contributed by atoms with Crippen LogP contribution in [-0.4, -0.2) is 28.2 Å². The van der Waals surface area contributed by atoms with E-state index in [9.17, 15) is 9.59 Å². The number of carbonyl (C=O) groups is 2. The van der Waals surface area contributed by atoms with Gasteiger partial charge in [-0.25, -0.2) is 9.97 Å². The maximum Gasteiger partial charge on any atom is 0.274 e. The molecule has 0 spiro atoms. The van der Waals surface area contributed by atoms with E-state index in [0.717, 1.165) is 12.1 Å². The monoisotopic (exact) mass is 388 g/mol. The Morgan fingerprint density at radius 1 is 1.00 bits per heavy atom. The van der Waals surface area contributed by atoms with Gasteiger partial charge in [0, 0.05) is 30.4 Å². The molecule has 0 saturated carbocycles. The standard InChI is InChI=1S/C23H24N4O2/c1-4-27(15-18-9-6-5-7-10-18)22-14-21(24-17(3)25-22)23(29)26-20-12-8-11-19(13-20)16(2)28/h5-14H,4,15H2,1-3H3,(H,26,29). The lowest BCUT2D eigenvalue weighted by molar-refractivity contribution is 0.100. The lowest BCUT2D eigenvalue weighted by Gasteiger charge is -2.22. The third-order valence-electron chi connectivity index (χ3n) is 4.51. The number of nitrogens with one attached hydrogen (secondary N) is 1. The summed E-state index contributed by atoms with van der Waals surface area (Å²) in [6, 6.07) is 18.7. The van der Waals surface area contributed by atoms with Gasteiger partial charge in [0.05, 0.1) is 0 Å². The van der Waals surface area contributed by atoms with Gasteiger partial charge in [0.15, 0.2) is 5.78 Å². The summed E-state index contributed by atoms with van der Waals surface area (Å²) in [5.41, 5.74) is 2.55. The minimum atomic E-state index is -0.340. The maximum absolute atomic E-state index is 12.8. The first kappa shape index (κ1) is 20.2. The van der Waals surface area contributed by atoms with Crippen LogP contribution < -0.4 is 10.2 Å². The first-order valence-corrected chi connectivity index (χ1v) is 9.53. The smallest absolute Gasteiger partial charge is 0.274 e. The molecular weight excluding hydrogens is 364 g/mol. The minimum absolute atomic E-state index is 0.0548. The number of rotatable bonds is 7. The molecule has 1 heterocycles. The number of carbonyl (C=O) groups excluding carboxylic acids is 2. The van der Waals surface area contributed by atoms with Crippen LogP contribution in [0.15, 0.2) is 60.7 Å². The van der Waals surface area contributed by atoms with Crippen LogP contribution in [0.3, 0.4) is 0 Å². The number of aryl methyl sites for hydroxylation is 1. The zero-order valence-corrected chi connectivity index (χ0v) is 16.8. The molecule has 0 saturated heterocycles. The first-order valence-electron chi connectivity index (χ1n) is 9.53. The Kier molecular flexibility index (Phi) is 6.34. The molecule has 0 radical (unpaired) electrons. The number of aromatic nitrogens is 2. The zero-order chi connectivity index (χ0) is 20.8. The summed E-state index contributed by atoms with van der Waals surface area (Å²) in [6.45, 7) is 6.75. The topological polar surface area (TPSA) is 75.2 Å². The highest BCUT2D eigenvalue weighted by molar-refractivity contribution is 6.04. The Morgan fingerprint density at radius 3 is 2.45 bits per heavy atom. The van der Waals surface area contributed by atoms with Gasteiger partial charge in [-0.05, 0) is 38.5 Å². The lowest BCUT2D eigenvalue weighted by Crippen LogP contribution is -2.25. The number of ketones is 1. The van der Waals surface area contributed by atoms with Crippen molar-refractivity contribution in [3.63, 3.8) is 0 Å². The third kappa shape index (κ3) is 5.25. The van der Waals surface area contributed by atoms with Crippen LogP contribution in [-0.2, 0) is 6.54 Å². The van der Waals surface area contributed by atoms with E-state index in [-0.39, 0.29) is 17.4 Å². The molecule has 3 aromatic rings. The fourth-order valence-electron chi connectivity index (χ4n) is 3.00. The molecule has 0 fully saturated rings. The zero-order valence-electron chi connectivity index (χ0n) is 16.8. The van der Waals surface area contributed by atoms with Gasteiger partial charge in [-0.3, -0.25) is 9.59 Å². The van der Waals surface area contributed by atoms with Gasteiger partial charge in [-0.2, -0.15) is 0 Å². The Balaban J connectivity index is 1.83. The Bertz CT molecular complexity index is 1020. The number of amides is 1. The molecule has 2 aromatic carbocycles. The highest BCUT2D eigenvalue weighted by atomic mass is 16.2. The van der Waals surface area contributed by atoms with Crippen molar-refractivity contribution in [3.05, 3.63) is 83.3 Å². The Morgan fingerprint density at radius 2 is 1.76 bits per heavy atom. The highest BCUT2D eigenvalue weighted by Gasteiger charge is 2.15. The predicted molar refractivity (Wildman–Crippen MR) is 114 cm³/mol. The molecule has 29 heavy (non-hydrogen) atoms. The van der Waals surface area contributed by atoms with Gasteiger partial charge in [0.1, 0.15) is 17.3 Å². The van der Waals surface area contributed by atoms with Crippen molar-refractivity contribution in [2.75, 3.05) is 16.8 Å². The van der Waals surface area contributed by atoms with Crippen LogP contribution in [0.2, 0.25) is 0 Å². The van der Waals surface area contributed by atoms with Crippen molar-refractivity contribution in [1.82, 2.24) is 9.97 Å². The highest BCUT2D eigenvalue weighted by Crippen LogP contribution is 2.18. The van der Waals surface area contributed by atoms with Crippen LogP contribution in [0.1, 0.15) is 46.1 Å². The normalized spacial score (nSPS) is 10.4. The van der Waals surface area contributed by atoms with E-state index < -0.39 is 0 Å². The molecule has 0 bridgehead atoms. The van der Waals surface area contributed by atoms with Crippen LogP contribution in [0.4, 0.5) is 11.5 Å². The summed E-state index contributed by atoms with van der Waals surface area (Å²) in [5.74, 6) is 0.831. The van der Waals surface area contributed by atoms with Gasteiger partial charge in [0.2, 0.25) is 0 Å². The molecule has 6 nitrogen and oxygen atoms in total. The fourth-order valence-corrected chi connectivity index (χ4v) is 3.00. The number of nitrogens with zero attached hydrogens (tertiary/aromatic N) is 3. The van der Waals surface area contributed by atoms with E-state index in [4.69, 9.17) is 0 Å². The van der Waals surface area contributed by atoms with E-state index in [2.05, 4.69) is 32.3 Å². The molecule has 148 valence electrons. The number of hydrogen-bond acceptors (Lipinski definition) is 5. The van der Waals surface area contributed by atoms with Gasteiger partial charge >= 0.3 is 0 Å². The van der Waals surface area contributed by atoms with Crippen LogP contribution in [0.5, 0.6) is 0 Å². The minimum Gasteiger partial charge on any atom is -0.352 e. The summed E-state index contributed by atoms with van der Waals surface area (Å²) < 4.78 is 0. The van der Waals surface area contributed by atoms with Crippen molar-refractivity contribution >= 4 is 23.2 Å². The molecule has 6 heteroatoms. The van der Waals surface area contributed by atoms with Crippen molar-refractivity contribution in [1.29, 1.82) is 0 Å². The first-order chi connectivity index (χ1) is 14.0. The Labute approximate surface area is 170 Å². The van der Waals surface area contributed by atoms with E-state index in [0.29, 0.717) is 29.4 Å². The maximum atomic E-state index is 12.8. The molecule has 1 aromatic heterocycles. The van der Waals surface area contributed by atoms with Crippen molar-refractivity contribution in [3.8, 4) is 0 Å². The molecule has 1 N–H and O–H groups in total. The van der Waals surface area contributed by atoms with E-state index in [1.807, 2.05) is 25.1 Å². The number of benzene rings is 2. The molecule has 0 unspecified atom stereocenters. The summed E-state index contributed by atoms with van der Waals surface area (Å²) in [5, 5.41) is 2.81. The molecule has 3 rings (SSSR count). The summed E-state index contributed by atoms with van der Waals surface area (Å²) in [6.07, 6.45) is 0. The summed E-state index contributed by atoms with van der Waals surface area (Å²) >= 11 is 0. The van der Waals surface area contributed by atoms with Crippen molar-refractivity contribution in [2.45, 2.75) is 27.3 Å². The molecule has 0 aliphatic rings. The second-order valence-corrected chi connectivity index (χ2v) is 6.75. The average molecular weight is 388 g/mol. The van der Waals surface area contributed by atoms with Crippen LogP contribution in [0, 0.1) is 6.92 Å². The summed E-state index contributed by atoms with van der Waals surface area (Å²) in [4.78, 5) is 35.2. The molecule has 0 aliphatic carbocycles. The van der Waals surface area contributed by atoms with Crippen LogP contribution in [0.25, 0.3) is 0 Å². The van der Waals surface area contributed by atoms with Gasteiger partial charge in [0.25, 0.3) is 5.91 Å². The van der Waals surface area contributed by atoms with Gasteiger partial charge < -0.3 is 10.2 Å². The predicted octanol–water partition coefficient (Wildman–Crippen LogP) is 4.27. The number of hydrogen-bond donors (Lipinski definition) is 1. The number of anilines is 2. The fraction of sp³-hybridized carbons (Fsp3) is 0.217. The third-order valence-corrected chi connectivity index (χ3v) is 4.51. The molecular formula is C23H24N4O2. The quantitative estimate of drug-likeness (QED) is 0.612. The largest absolute Gasteiger partial charge is 0.352 e. The Hall–Kier alpha value is -3.54. The molecule has 0 atom stereocenters. The van der Waals surface area contributed by atoms with Gasteiger partial charge in [-0.1, -0.05) is 42.5 Å². The second kappa shape index (κ2) is 9.10. The van der Waals surface area contributed by atoms with E-state index in [1.165, 1.54) is 6.92 Å². The van der Waals surface area contributed by atoms with Gasteiger partial charge in [-0.15, -0.1) is 0 Å². The SMILES string of the molecule is CCN(Cc1ccccc1)c1cc(C(=O)Nc2cccc(C(C)=O)c2)nc(C)n1. The van der Waals surface area contributed by atoms with E-state index >= 15 is 0 Å². The summed E-state index contributed by atoms with van der Waals surface area (Å²) in [7, 11) is 0. The number of Topliss-reactive ketones (excluding diaryl/α,β-unsaturated/α-hetero) is 1.